The third-order valence-corrected chi connectivity index (χ3v) is 4.93. The van der Waals surface area contributed by atoms with E-state index in [1.807, 2.05) is 18.2 Å². The zero-order valence-corrected chi connectivity index (χ0v) is 16.3. The van der Waals surface area contributed by atoms with Crippen LogP contribution in [0.3, 0.4) is 0 Å². The molecule has 0 atom stereocenters. The summed E-state index contributed by atoms with van der Waals surface area (Å²) in [6, 6.07) is 5.74. The Bertz CT molecular complexity index is 883. The Balaban J connectivity index is 1.53. The fourth-order valence-corrected chi connectivity index (χ4v) is 3.50. The Morgan fingerprint density at radius 3 is 2.43 bits per heavy atom. The van der Waals surface area contributed by atoms with E-state index < -0.39 is 5.97 Å². The summed E-state index contributed by atoms with van der Waals surface area (Å²) in [6.45, 7) is 6.98. The number of rotatable bonds is 5. The molecule has 2 aromatic rings. The highest BCUT2D eigenvalue weighted by atomic mass is 16.5. The number of aryl methyl sites for hydroxylation is 1. The van der Waals surface area contributed by atoms with Crippen molar-refractivity contribution < 1.29 is 19.1 Å². The Morgan fingerprint density at radius 2 is 1.86 bits per heavy atom. The van der Waals surface area contributed by atoms with Crippen molar-refractivity contribution in [2.24, 2.45) is 0 Å². The van der Waals surface area contributed by atoms with Crippen molar-refractivity contribution in [2.45, 2.75) is 20.8 Å². The molecule has 8 nitrogen and oxygen atoms in total. The minimum atomic E-state index is -0.631. The second-order valence-electron chi connectivity index (χ2n) is 6.81. The second-order valence-corrected chi connectivity index (χ2v) is 6.81. The average Bonchev–Trinajstić information content (AvgIpc) is 3.01. The summed E-state index contributed by atoms with van der Waals surface area (Å²) in [4.78, 5) is 47.4. The van der Waals surface area contributed by atoms with Crippen molar-refractivity contribution >= 4 is 23.5 Å². The van der Waals surface area contributed by atoms with Crippen LogP contribution < -0.4 is 4.90 Å². The zero-order valence-electron chi connectivity index (χ0n) is 16.3. The van der Waals surface area contributed by atoms with Gasteiger partial charge in [-0.25, -0.2) is 9.78 Å². The number of Topliss-reactive ketones (excluding diaryl/α,β-unsaturated/α-hetero) is 1. The number of anilines is 1. The van der Waals surface area contributed by atoms with Gasteiger partial charge in [-0.1, -0.05) is 6.07 Å². The number of amides is 1. The predicted molar refractivity (Wildman–Crippen MR) is 104 cm³/mol. The summed E-state index contributed by atoms with van der Waals surface area (Å²) in [5.74, 6) is -0.0950. The quantitative estimate of drug-likeness (QED) is 0.623. The number of ether oxygens (including phenoxy) is 1. The van der Waals surface area contributed by atoms with Gasteiger partial charge in [-0.3, -0.25) is 9.59 Å². The van der Waals surface area contributed by atoms with E-state index in [0.29, 0.717) is 43.0 Å². The maximum Gasteiger partial charge on any atom is 0.355 e. The first kappa shape index (κ1) is 19.6. The molecular formula is C20H24N4O4. The molecular weight excluding hydrogens is 360 g/mol. The van der Waals surface area contributed by atoms with E-state index in [-0.39, 0.29) is 24.0 Å². The lowest BCUT2D eigenvalue weighted by Gasteiger charge is -2.35. The van der Waals surface area contributed by atoms with Gasteiger partial charge in [-0.05, 0) is 38.5 Å². The number of carbonyl (C=O) groups excluding carboxylic acids is 3. The molecule has 0 spiro atoms. The Morgan fingerprint density at radius 1 is 1.14 bits per heavy atom. The SMILES string of the molecule is CC(=O)c1c(C)[nH]c(C(=O)OCC(=O)N2CCN(c3ccccn3)CC2)c1C. The first-order chi connectivity index (χ1) is 13.4. The third-order valence-electron chi connectivity index (χ3n) is 4.93. The van der Waals surface area contributed by atoms with Crippen LogP contribution in [0.4, 0.5) is 5.82 Å². The van der Waals surface area contributed by atoms with Gasteiger partial charge < -0.3 is 19.5 Å². The lowest BCUT2D eigenvalue weighted by Crippen LogP contribution is -2.50. The summed E-state index contributed by atoms with van der Waals surface area (Å²) in [7, 11) is 0. The maximum atomic E-state index is 12.4. The van der Waals surface area contributed by atoms with E-state index in [0.717, 1.165) is 5.82 Å². The van der Waals surface area contributed by atoms with Crippen molar-refractivity contribution in [3.8, 4) is 0 Å². The van der Waals surface area contributed by atoms with Crippen LogP contribution in [0.15, 0.2) is 24.4 Å². The molecule has 148 valence electrons. The van der Waals surface area contributed by atoms with Gasteiger partial charge in [0.2, 0.25) is 0 Å². The van der Waals surface area contributed by atoms with Gasteiger partial charge in [0, 0.05) is 43.6 Å². The molecule has 1 aliphatic heterocycles. The lowest BCUT2D eigenvalue weighted by molar-refractivity contribution is -0.134. The number of pyridine rings is 1. The fourth-order valence-electron chi connectivity index (χ4n) is 3.50. The van der Waals surface area contributed by atoms with Gasteiger partial charge in [-0.15, -0.1) is 0 Å². The molecule has 28 heavy (non-hydrogen) atoms. The monoisotopic (exact) mass is 384 g/mol. The molecule has 1 amide bonds. The minimum Gasteiger partial charge on any atom is -0.451 e. The number of piperazine rings is 1. The highest BCUT2D eigenvalue weighted by Gasteiger charge is 2.25. The number of hydrogen-bond acceptors (Lipinski definition) is 6. The molecule has 0 aromatic carbocycles. The fraction of sp³-hybridized carbons (Fsp3) is 0.400. The van der Waals surface area contributed by atoms with E-state index in [4.69, 9.17) is 4.74 Å². The smallest absolute Gasteiger partial charge is 0.355 e. The number of ketones is 1. The number of esters is 1. The molecule has 1 aliphatic rings. The Labute approximate surface area is 163 Å². The average molecular weight is 384 g/mol. The van der Waals surface area contributed by atoms with Crippen molar-refractivity contribution in [1.82, 2.24) is 14.9 Å². The molecule has 1 N–H and O–H groups in total. The van der Waals surface area contributed by atoms with Crippen molar-refractivity contribution in [3.63, 3.8) is 0 Å². The minimum absolute atomic E-state index is 0.118. The van der Waals surface area contributed by atoms with Crippen LogP contribution in [-0.2, 0) is 9.53 Å². The van der Waals surface area contributed by atoms with Crippen molar-refractivity contribution in [3.05, 3.63) is 46.9 Å². The van der Waals surface area contributed by atoms with Gasteiger partial charge in [-0.2, -0.15) is 0 Å². The molecule has 1 saturated heterocycles. The van der Waals surface area contributed by atoms with Gasteiger partial charge in [0.1, 0.15) is 11.5 Å². The van der Waals surface area contributed by atoms with Gasteiger partial charge in [0.25, 0.3) is 5.91 Å². The Kier molecular flexibility index (Phi) is 5.77. The normalized spacial score (nSPS) is 14.1. The Hall–Kier alpha value is -3.16. The molecule has 1 fully saturated rings. The topological polar surface area (TPSA) is 95.6 Å². The van der Waals surface area contributed by atoms with Crippen LogP contribution in [0.1, 0.15) is 39.0 Å². The van der Waals surface area contributed by atoms with Crippen LogP contribution in [0.25, 0.3) is 0 Å². The number of nitrogens with one attached hydrogen (secondary N) is 1. The molecule has 0 bridgehead atoms. The summed E-state index contributed by atoms with van der Waals surface area (Å²) < 4.78 is 5.18. The van der Waals surface area contributed by atoms with Crippen LogP contribution in [-0.4, -0.2) is 65.3 Å². The zero-order chi connectivity index (χ0) is 20.3. The second kappa shape index (κ2) is 8.24. The standard InChI is InChI=1S/C20H24N4O4/c1-13-18(15(3)25)14(2)22-19(13)20(27)28-12-17(26)24-10-8-23(9-11-24)16-6-4-5-7-21-16/h4-7,22H,8-12H2,1-3H3. The van der Waals surface area contributed by atoms with E-state index in [1.54, 1.807) is 24.9 Å². The van der Waals surface area contributed by atoms with Crippen molar-refractivity contribution in [1.29, 1.82) is 0 Å². The molecule has 3 heterocycles. The van der Waals surface area contributed by atoms with Gasteiger partial charge in [0.15, 0.2) is 12.4 Å². The van der Waals surface area contributed by atoms with Crippen molar-refractivity contribution in [2.75, 3.05) is 37.7 Å². The first-order valence-corrected chi connectivity index (χ1v) is 9.19. The number of hydrogen-bond donors (Lipinski definition) is 1. The summed E-state index contributed by atoms with van der Waals surface area (Å²) >= 11 is 0. The maximum absolute atomic E-state index is 12.4. The highest BCUT2D eigenvalue weighted by molar-refractivity contribution is 6.01. The molecule has 3 rings (SSSR count). The van der Waals surface area contributed by atoms with Crippen LogP contribution in [0.2, 0.25) is 0 Å². The molecule has 0 radical (unpaired) electrons. The predicted octanol–water partition coefficient (Wildman–Crippen LogP) is 1.73. The van der Waals surface area contributed by atoms with Crippen LogP contribution in [0, 0.1) is 13.8 Å². The largest absolute Gasteiger partial charge is 0.451 e. The third kappa shape index (κ3) is 4.05. The van der Waals surface area contributed by atoms with Gasteiger partial charge in [0.05, 0.1) is 0 Å². The van der Waals surface area contributed by atoms with E-state index in [1.165, 1.54) is 6.92 Å². The van der Waals surface area contributed by atoms with Crippen LogP contribution in [0.5, 0.6) is 0 Å². The van der Waals surface area contributed by atoms with E-state index in [9.17, 15) is 14.4 Å². The summed E-state index contributed by atoms with van der Waals surface area (Å²) in [5.41, 5.74) is 1.87. The molecule has 0 unspecified atom stereocenters. The van der Waals surface area contributed by atoms with Gasteiger partial charge >= 0.3 is 5.97 Å². The summed E-state index contributed by atoms with van der Waals surface area (Å²) in [6.07, 6.45) is 1.74. The number of aromatic amines is 1. The number of carbonyl (C=O) groups is 3. The van der Waals surface area contributed by atoms with E-state index in [2.05, 4.69) is 14.9 Å². The molecule has 0 aliphatic carbocycles. The lowest BCUT2D eigenvalue weighted by atomic mass is 10.1. The van der Waals surface area contributed by atoms with E-state index >= 15 is 0 Å². The van der Waals surface area contributed by atoms with Crippen LogP contribution >= 0.6 is 0 Å². The molecule has 0 saturated carbocycles. The molecule has 8 heteroatoms. The number of H-pyrrole nitrogens is 1. The number of aromatic nitrogens is 2. The number of nitrogens with zero attached hydrogens (tertiary/aromatic N) is 3. The summed E-state index contributed by atoms with van der Waals surface area (Å²) in [5, 5.41) is 0. The molecule has 2 aromatic heterocycles. The first-order valence-electron chi connectivity index (χ1n) is 9.19. The highest BCUT2D eigenvalue weighted by Crippen LogP contribution is 2.19.